The molecular weight excluding hydrogens is 696 g/mol. The van der Waals surface area contributed by atoms with Crippen molar-refractivity contribution in [2.24, 2.45) is 46.3 Å². The fourth-order valence-electron chi connectivity index (χ4n) is 8.82. The van der Waals surface area contributed by atoms with E-state index in [2.05, 4.69) is 64.2 Å². The first-order chi connectivity index (χ1) is 25.4. The molecule has 4 heterocycles. The van der Waals surface area contributed by atoms with E-state index >= 15 is 0 Å². The average Bonchev–Trinajstić information content (AvgIpc) is 3.92. The number of allylic oxidation sites excluding steroid dienone is 2. The first-order valence-corrected chi connectivity index (χ1v) is 18.9. The number of fused-ring (bicyclic) bond motifs is 4. The molecule has 10 unspecified atom stereocenters. The Hall–Kier alpha value is -3.84. The molecule has 0 aromatic carbocycles. The number of esters is 4. The molecule has 292 valence electrons. The van der Waals surface area contributed by atoms with Crippen molar-refractivity contribution in [3.63, 3.8) is 0 Å². The van der Waals surface area contributed by atoms with Gasteiger partial charge in [0.15, 0.2) is 23.8 Å². The number of carbonyl (C=O) groups is 4. The van der Waals surface area contributed by atoms with Crippen LogP contribution in [-0.2, 0) is 57.1 Å². The van der Waals surface area contributed by atoms with Crippen LogP contribution in [0.4, 0.5) is 0 Å². The van der Waals surface area contributed by atoms with Gasteiger partial charge in [-0.15, -0.1) is 0 Å². The predicted octanol–water partition coefficient (Wildman–Crippen LogP) is 5.09. The zero-order chi connectivity index (χ0) is 38.8. The van der Waals surface area contributed by atoms with E-state index in [9.17, 15) is 19.2 Å². The molecule has 0 aromatic heterocycles. The molecule has 2 fully saturated rings. The maximum atomic E-state index is 12.4. The normalized spacial score (nSPS) is 38.0. The Bertz CT molecular complexity index is 1600. The fourth-order valence-corrected chi connectivity index (χ4v) is 8.82. The number of rotatable bonds is 6. The highest BCUT2D eigenvalue weighted by atomic mass is 16.7. The van der Waals surface area contributed by atoms with Crippen molar-refractivity contribution in [1.29, 1.82) is 0 Å². The summed E-state index contributed by atoms with van der Waals surface area (Å²) < 4.78 is 45.7. The molecule has 0 bridgehead atoms. The number of hydrogen-bond donors (Lipinski definition) is 0. The lowest BCUT2D eigenvalue weighted by atomic mass is 9.82. The van der Waals surface area contributed by atoms with Gasteiger partial charge in [-0.05, 0) is 50.0 Å². The maximum absolute atomic E-state index is 12.4. The lowest BCUT2D eigenvalue weighted by Gasteiger charge is -2.38. The van der Waals surface area contributed by atoms with Gasteiger partial charge in [0.05, 0.1) is 37.6 Å². The first kappa shape index (κ1) is 38.4. The summed E-state index contributed by atoms with van der Waals surface area (Å²) in [6.45, 7) is 17.1. The molecule has 2 spiro atoms. The Labute approximate surface area is 316 Å². The molecule has 10 atom stereocenters. The molecule has 12 heteroatoms. The van der Waals surface area contributed by atoms with Gasteiger partial charge in [0.25, 0.3) is 0 Å². The van der Waals surface area contributed by atoms with Crippen molar-refractivity contribution in [3.05, 3.63) is 71.9 Å². The van der Waals surface area contributed by atoms with Crippen molar-refractivity contribution in [2.75, 3.05) is 26.4 Å². The van der Waals surface area contributed by atoms with Crippen molar-refractivity contribution in [3.8, 4) is 0 Å². The monoisotopic (exact) mass is 748 g/mol. The Morgan fingerprint density at radius 2 is 0.944 bits per heavy atom. The molecule has 0 aromatic rings. The number of hydrogen-bond acceptors (Lipinski definition) is 12. The summed E-state index contributed by atoms with van der Waals surface area (Å²) in [5.74, 6) is -1.26. The minimum absolute atomic E-state index is 0.00406. The van der Waals surface area contributed by atoms with E-state index in [0.29, 0.717) is 37.6 Å². The largest absolute Gasteiger partial charge is 0.458 e. The van der Waals surface area contributed by atoms with Crippen LogP contribution in [0.2, 0.25) is 0 Å². The minimum Gasteiger partial charge on any atom is -0.458 e. The summed E-state index contributed by atoms with van der Waals surface area (Å²) in [5.41, 5.74) is -0.805. The van der Waals surface area contributed by atoms with E-state index in [0.717, 1.165) is 0 Å². The van der Waals surface area contributed by atoms with E-state index in [1.807, 2.05) is 24.3 Å². The second kappa shape index (κ2) is 14.0. The molecule has 0 amide bonds. The van der Waals surface area contributed by atoms with Crippen LogP contribution in [-0.4, -0.2) is 86.3 Å². The van der Waals surface area contributed by atoms with Gasteiger partial charge in [0.1, 0.15) is 12.2 Å². The third-order valence-electron chi connectivity index (χ3n) is 11.5. The quantitative estimate of drug-likeness (QED) is 0.203. The van der Waals surface area contributed by atoms with E-state index in [4.69, 9.17) is 37.9 Å². The van der Waals surface area contributed by atoms with Crippen LogP contribution >= 0.6 is 0 Å². The van der Waals surface area contributed by atoms with Gasteiger partial charge in [-0.2, -0.15) is 0 Å². The summed E-state index contributed by atoms with van der Waals surface area (Å²) in [7, 11) is 0. The summed E-state index contributed by atoms with van der Waals surface area (Å²) in [4.78, 5) is 47.3. The molecule has 4 aliphatic carbocycles. The molecule has 2 saturated heterocycles. The average molecular weight is 749 g/mol. The number of ether oxygens (including phenoxy) is 8. The van der Waals surface area contributed by atoms with Crippen molar-refractivity contribution in [1.82, 2.24) is 0 Å². The Morgan fingerprint density at radius 3 is 1.28 bits per heavy atom. The second-order valence-electron chi connectivity index (χ2n) is 17.3. The summed E-state index contributed by atoms with van der Waals surface area (Å²) in [6.07, 6.45) is 18.2. The van der Waals surface area contributed by atoms with Crippen LogP contribution in [0.3, 0.4) is 0 Å². The molecule has 0 radical (unpaired) electrons. The van der Waals surface area contributed by atoms with Gasteiger partial charge in [0, 0.05) is 48.3 Å². The molecule has 8 aliphatic rings. The molecule has 0 saturated carbocycles. The number of carbonyl (C=O) groups excluding carboxylic acids is 4. The second-order valence-corrected chi connectivity index (χ2v) is 17.3. The Balaban J connectivity index is 0.000000167. The van der Waals surface area contributed by atoms with Gasteiger partial charge >= 0.3 is 23.9 Å². The molecular formula is C42H52O12. The van der Waals surface area contributed by atoms with Crippen molar-refractivity contribution >= 4 is 23.9 Å². The molecule has 54 heavy (non-hydrogen) atoms. The lowest BCUT2D eigenvalue weighted by Crippen LogP contribution is -2.43. The van der Waals surface area contributed by atoms with Crippen LogP contribution in [0.25, 0.3) is 0 Å². The van der Waals surface area contributed by atoms with E-state index in [1.54, 1.807) is 13.8 Å². The zero-order valence-corrected chi connectivity index (χ0v) is 32.3. The third kappa shape index (κ3) is 7.18. The van der Waals surface area contributed by atoms with E-state index < -0.39 is 47.3 Å². The molecule has 0 N–H and O–H groups in total. The van der Waals surface area contributed by atoms with Crippen LogP contribution in [0.1, 0.15) is 55.4 Å². The fraction of sp³-hybridized carbons (Fsp3) is 0.619. The van der Waals surface area contributed by atoms with Gasteiger partial charge < -0.3 is 37.9 Å². The van der Waals surface area contributed by atoms with Gasteiger partial charge in [-0.1, -0.05) is 64.2 Å². The van der Waals surface area contributed by atoms with Gasteiger partial charge in [-0.3, -0.25) is 9.59 Å². The smallest absolute Gasteiger partial charge is 0.338 e. The standard InChI is InChI=1S/2C21H26O6/c2*1-12(26-13(2)22)16-9-21(27-18(16)23)8-7-14-15(5-6-17(14)21)19-24-10-20(3,4)11-25-19/h2*5-9,12,14-15,17,19H,10-11H2,1-4H3. The molecule has 8 rings (SSSR count). The third-order valence-corrected chi connectivity index (χ3v) is 11.5. The summed E-state index contributed by atoms with van der Waals surface area (Å²) in [5, 5.41) is 0. The summed E-state index contributed by atoms with van der Waals surface area (Å²) >= 11 is 0. The highest BCUT2D eigenvalue weighted by Gasteiger charge is 2.57. The van der Waals surface area contributed by atoms with Crippen LogP contribution in [0, 0.1) is 46.3 Å². The topological polar surface area (TPSA) is 142 Å². The van der Waals surface area contributed by atoms with Gasteiger partial charge in [-0.25, -0.2) is 9.59 Å². The van der Waals surface area contributed by atoms with Gasteiger partial charge in [0.2, 0.25) is 0 Å². The Morgan fingerprint density at radius 1 is 0.593 bits per heavy atom. The highest BCUT2D eigenvalue weighted by molar-refractivity contribution is 5.94. The van der Waals surface area contributed by atoms with E-state index in [-0.39, 0.29) is 58.9 Å². The minimum atomic E-state index is -0.815. The SMILES string of the molecule is CC(=O)OC(C)C1=CC2(C=CC3C(C4OCC(C)(C)CO4)C=CC32)OC1=O.CC(=O)OC(C)C1=CC2(C=CC3C(C4OCC(C)(C)CO4)C=CC32)OC1=O. The molecule has 4 aliphatic heterocycles. The van der Waals surface area contributed by atoms with Crippen LogP contribution < -0.4 is 0 Å². The predicted molar refractivity (Wildman–Crippen MR) is 193 cm³/mol. The zero-order valence-electron chi connectivity index (χ0n) is 32.3. The van der Waals surface area contributed by atoms with Crippen molar-refractivity contribution in [2.45, 2.75) is 91.4 Å². The van der Waals surface area contributed by atoms with Crippen molar-refractivity contribution < 1.29 is 57.1 Å². The van der Waals surface area contributed by atoms with E-state index in [1.165, 1.54) is 13.8 Å². The molecule has 12 nitrogen and oxygen atoms in total. The lowest BCUT2D eigenvalue weighted by molar-refractivity contribution is -0.241. The van der Waals surface area contributed by atoms with Crippen LogP contribution in [0.5, 0.6) is 0 Å². The van der Waals surface area contributed by atoms with Crippen LogP contribution in [0.15, 0.2) is 71.9 Å². The summed E-state index contributed by atoms with van der Waals surface area (Å²) in [6, 6.07) is 0. The maximum Gasteiger partial charge on any atom is 0.338 e. The highest BCUT2D eigenvalue weighted by Crippen LogP contribution is 2.53. The first-order valence-electron chi connectivity index (χ1n) is 18.9. The Kier molecular flexibility index (Phi) is 9.98.